The first-order valence-electron chi connectivity index (χ1n) is 7.17. The van der Waals surface area contributed by atoms with E-state index in [1.807, 2.05) is 0 Å². The molecule has 0 aliphatic carbocycles. The van der Waals surface area contributed by atoms with E-state index in [1.54, 1.807) is 0 Å². The summed E-state index contributed by atoms with van der Waals surface area (Å²) >= 11 is 1.45. The zero-order valence-corrected chi connectivity index (χ0v) is 12.8. The van der Waals surface area contributed by atoms with Crippen molar-refractivity contribution in [3.05, 3.63) is 35.0 Å². The Morgan fingerprint density at radius 1 is 1.40 bits per heavy atom. The quantitative estimate of drug-likeness (QED) is 0.938. The molecule has 1 N–H and O–H groups in total. The number of hydrogen-bond donors (Lipinski definition) is 1. The van der Waals surface area contributed by atoms with Gasteiger partial charge in [-0.15, -0.1) is 5.10 Å². The molecule has 1 aromatic heterocycles. The number of rotatable bonds is 4. The number of aromatic nitrogens is 2. The molecule has 0 spiro atoms. The van der Waals surface area contributed by atoms with Crippen molar-refractivity contribution in [1.29, 1.82) is 0 Å². The molecule has 2 aromatic rings. The first-order chi connectivity index (χ1) is 9.78. The van der Waals surface area contributed by atoms with Gasteiger partial charge in [-0.1, -0.05) is 22.2 Å². The summed E-state index contributed by atoms with van der Waals surface area (Å²) in [5, 5.41) is 8.73. The second-order valence-electron chi connectivity index (χ2n) is 5.24. The van der Waals surface area contributed by atoms with Gasteiger partial charge in [-0.2, -0.15) is 0 Å². The van der Waals surface area contributed by atoms with Crippen LogP contribution in [0.5, 0.6) is 0 Å². The summed E-state index contributed by atoms with van der Waals surface area (Å²) in [7, 11) is 0. The molecule has 20 heavy (non-hydrogen) atoms. The number of nitrogens with one attached hydrogen (secondary N) is 1. The van der Waals surface area contributed by atoms with E-state index in [4.69, 9.17) is 0 Å². The fourth-order valence-corrected chi connectivity index (χ4v) is 3.40. The van der Waals surface area contributed by atoms with Crippen LogP contribution in [-0.4, -0.2) is 22.7 Å². The Balaban J connectivity index is 1.84. The minimum absolute atomic E-state index is 0.842. The Kier molecular flexibility index (Phi) is 3.87. The van der Waals surface area contributed by atoms with Crippen molar-refractivity contribution in [3.8, 4) is 0 Å². The molecule has 2 heterocycles. The zero-order chi connectivity index (χ0) is 13.9. The molecule has 0 atom stereocenters. The van der Waals surface area contributed by atoms with Crippen LogP contribution < -0.4 is 10.2 Å². The molecule has 1 aliphatic rings. The molecular formula is C15H20N4S. The van der Waals surface area contributed by atoms with E-state index in [1.165, 1.54) is 41.2 Å². The maximum atomic E-state index is 4.28. The van der Waals surface area contributed by atoms with E-state index >= 15 is 0 Å². The molecule has 4 nitrogen and oxygen atoms in total. The van der Waals surface area contributed by atoms with Crippen LogP contribution >= 0.6 is 11.5 Å². The van der Waals surface area contributed by atoms with Gasteiger partial charge in [-0.25, -0.2) is 0 Å². The molecule has 0 saturated carbocycles. The van der Waals surface area contributed by atoms with Crippen molar-refractivity contribution >= 4 is 22.2 Å². The maximum Gasteiger partial charge on any atom is 0.135 e. The van der Waals surface area contributed by atoms with E-state index < -0.39 is 0 Å². The predicted molar refractivity (Wildman–Crippen MR) is 84.6 cm³/mol. The highest BCUT2D eigenvalue weighted by molar-refractivity contribution is 7.10. The van der Waals surface area contributed by atoms with Crippen LogP contribution in [0.1, 0.15) is 30.2 Å². The summed E-state index contributed by atoms with van der Waals surface area (Å²) in [6.45, 7) is 7.11. The van der Waals surface area contributed by atoms with Crippen molar-refractivity contribution in [2.75, 3.05) is 23.3 Å². The molecule has 0 unspecified atom stereocenters. The van der Waals surface area contributed by atoms with Gasteiger partial charge in [0.1, 0.15) is 10.7 Å². The summed E-state index contributed by atoms with van der Waals surface area (Å²) in [5.74, 6) is 0. The molecule has 3 rings (SSSR count). The molecule has 0 fully saturated rings. The monoisotopic (exact) mass is 288 g/mol. The van der Waals surface area contributed by atoms with Gasteiger partial charge in [-0.05, 0) is 38.3 Å². The Morgan fingerprint density at radius 3 is 3.15 bits per heavy atom. The van der Waals surface area contributed by atoms with E-state index in [0.717, 1.165) is 30.3 Å². The third-order valence-electron chi connectivity index (χ3n) is 3.68. The molecule has 1 aliphatic heterocycles. The standard InChI is InChI=1S/C15H20N4S/c1-3-16-15-13(17-18-20-15)10-19-8-4-5-12-9-11(2)6-7-14(12)19/h6-7,9,16H,3-5,8,10H2,1-2H3. The number of fused-ring (bicyclic) bond motifs is 1. The average molecular weight is 288 g/mol. The topological polar surface area (TPSA) is 41.1 Å². The normalized spacial score (nSPS) is 14.2. The molecule has 5 heteroatoms. The van der Waals surface area contributed by atoms with Crippen molar-refractivity contribution in [1.82, 2.24) is 9.59 Å². The van der Waals surface area contributed by atoms with Crippen LogP contribution in [0.4, 0.5) is 10.7 Å². The van der Waals surface area contributed by atoms with Gasteiger partial charge in [0.05, 0.1) is 6.54 Å². The largest absolute Gasteiger partial charge is 0.374 e. The Labute approximate surface area is 124 Å². The summed E-state index contributed by atoms with van der Waals surface area (Å²) in [5.41, 5.74) is 5.22. The third-order valence-corrected chi connectivity index (χ3v) is 4.41. The van der Waals surface area contributed by atoms with Crippen molar-refractivity contribution in [2.45, 2.75) is 33.2 Å². The average Bonchev–Trinajstić information content (AvgIpc) is 2.86. The van der Waals surface area contributed by atoms with Gasteiger partial charge in [0, 0.05) is 30.3 Å². The van der Waals surface area contributed by atoms with E-state index in [-0.39, 0.29) is 0 Å². The number of aryl methyl sites for hydroxylation is 2. The first-order valence-corrected chi connectivity index (χ1v) is 7.95. The Hall–Kier alpha value is -1.62. The van der Waals surface area contributed by atoms with Gasteiger partial charge < -0.3 is 10.2 Å². The minimum Gasteiger partial charge on any atom is -0.374 e. The fourth-order valence-electron chi connectivity index (χ4n) is 2.76. The molecule has 0 saturated heterocycles. The second-order valence-corrected chi connectivity index (χ2v) is 5.99. The van der Waals surface area contributed by atoms with Gasteiger partial charge >= 0.3 is 0 Å². The SMILES string of the molecule is CCNc1snnc1CN1CCCc2cc(C)ccc21. The van der Waals surface area contributed by atoms with Gasteiger partial charge in [0.25, 0.3) is 0 Å². The highest BCUT2D eigenvalue weighted by atomic mass is 32.1. The summed E-state index contributed by atoms with van der Waals surface area (Å²) < 4.78 is 4.08. The predicted octanol–water partition coefficient (Wildman–Crippen LogP) is 3.23. The van der Waals surface area contributed by atoms with Gasteiger partial charge in [-0.3, -0.25) is 0 Å². The minimum atomic E-state index is 0.842. The highest BCUT2D eigenvalue weighted by Crippen LogP contribution is 2.30. The summed E-state index contributed by atoms with van der Waals surface area (Å²) in [6.07, 6.45) is 2.40. The Bertz CT molecular complexity index is 593. The second kappa shape index (κ2) is 5.79. The van der Waals surface area contributed by atoms with E-state index in [0.29, 0.717) is 0 Å². The molecular weight excluding hydrogens is 268 g/mol. The summed E-state index contributed by atoms with van der Waals surface area (Å²) in [4.78, 5) is 2.43. The first kappa shape index (κ1) is 13.4. The van der Waals surface area contributed by atoms with Crippen molar-refractivity contribution < 1.29 is 0 Å². The van der Waals surface area contributed by atoms with Crippen molar-refractivity contribution in [3.63, 3.8) is 0 Å². The number of anilines is 2. The Morgan fingerprint density at radius 2 is 2.30 bits per heavy atom. The van der Waals surface area contributed by atoms with E-state index in [9.17, 15) is 0 Å². The molecule has 106 valence electrons. The lowest BCUT2D eigenvalue weighted by atomic mass is 9.99. The smallest absolute Gasteiger partial charge is 0.135 e. The highest BCUT2D eigenvalue weighted by Gasteiger charge is 2.19. The number of benzene rings is 1. The van der Waals surface area contributed by atoms with Gasteiger partial charge in [0.2, 0.25) is 0 Å². The third kappa shape index (κ3) is 2.63. The van der Waals surface area contributed by atoms with E-state index in [2.05, 4.69) is 51.9 Å². The van der Waals surface area contributed by atoms with Crippen LogP contribution in [0.15, 0.2) is 18.2 Å². The molecule has 1 aromatic carbocycles. The molecule has 0 radical (unpaired) electrons. The summed E-state index contributed by atoms with van der Waals surface area (Å²) in [6, 6.07) is 6.75. The van der Waals surface area contributed by atoms with Crippen LogP contribution in [0.2, 0.25) is 0 Å². The lowest BCUT2D eigenvalue weighted by molar-refractivity contribution is 0.682. The van der Waals surface area contributed by atoms with Crippen LogP contribution in [0, 0.1) is 6.92 Å². The number of nitrogens with zero attached hydrogens (tertiary/aromatic N) is 3. The maximum absolute atomic E-state index is 4.28. The van der Waals surface area contributed by atoms with Crippen LogP contribution in [0.25, 0.3) is 0 Å². The fraction of sp³-hybridized carbons (Fsp3) is 0.467. The lowest BCUT2D eigenvalue weighted by Gasteiger charge is -2.31. The van der Waals surface area contributed by atoms with Crippen LogP contribution in [0.3, 0.4) is 0 Å². The van der Waals surface area contributed by atoms with Crippen molar-refractivity contribution in [2.24, 2.45) is 0 Å². The zero-order valence-electron chi connectivity index (χ0n) is 12.0. The number of hydrogen-bond acceptors (Lipinski definition) is 5. The van der Waals surface area contributed by atoms with Crippen LogP contribution in [-0.2, 0) is 13.0 Å². The molecule has 0 amide bonds. The van der Waals surface area contributed by atoms with Gasteiger partial charge in [0.15, 0.2) is 0 Å². The lowest BCUT2D eigenvalue weighted by Crippen LogP contribution is -2.29. The molecule has 0 bridgehead atoms.